The standard InChI is InChI=1S/C20H26BrF2N5O3SSi/c1-33(2,3)7-6-31-12-28(18(29)30)17-26-20(10-22,14-8-13(21)4-5-15(14)23)16-9-19(16,32-17)11-25-27-24/h4-5,8,16,24H,6-7,9-12H2,1-3H3/p+1/t16-,19-,20-/m1/s1. The molecule has 180 valence electrons. The summed E-state index contributed by atoms with van der Waals surface area (Å²) in [5, 5.41) is 13.7. The third-order valence-electron chi connectivity index (χ3n) is 5.88. The van der Waals surface area contributed by atoms with Crippen LogP contribution in [0.4, 0.5) is 13.6 Å². The Hall–Kier alpha value is -1.66. The fourth-order valence-electron chi connectivity index (χ4n) is 3.93. The number of alkyl halides is 1. The highest BCUT2D eigenvalue weighted by molar-refractivity contribution is 9.10. The molecule has 1 aliphatic heterocycles. The van der Waals surface area contributed by atoms with Crippen molar-refractivity contribution in [1.82, 2.24) is 9.81 Å². The van der Waals surface area contributed by atoms with E-state index < -0.39 is 42.9 Å². The van der Waals surface area contributed by atoms with Crippen LogP contribution in [0.25, 0.3) is 0 Å². The first-order valence-corrected chi connectivity index (χ1v) is 15.7. The lowest BCUT2D eigenvalue weighted by molar-refractivity contribution is 0.0699. The number of aliphatic imine (C=N–C) groups is 1. The topological polar surface area (TPSA) is 112 Å². The van der Waals surface area contributed by atoms with Crippen LogP contribution in [0.3, 0.4) is 0 Å². The molecule has 0 spiro atoms. The van der Waals surface area contributed by atoms with Gasteiger partial charge in [0.05, 0.1) is 4.75 Å². The second-order valence-corrected chi connectivity index (χ2v) is 17.4. The first kappa shape index (κ1) is 26.0. The SMILES string of the molecule is C[Si](C)(C)CCOCN(C(=O)O)C1=N[C@](CF)(c2cc(Br)ccc2F)[C@@H]2C[C@]2(CN=[N+]=N)S1. The summed E-state index contributed by atoms with van der Waals surface area (Å²) in [7, 11) is -1.37. The fraction of sp³-hybridized carbons (Fsp3) is 0.600. The van der Waals surface area contributed by atoms with E-state index in [-0.39, 0.29) is 24.0 Å². The summed E-state index contributed by atoms with van der Waals surface area (Å²) in [5.41, 5.74) is 5.46. The van der Waals surface area contributed by atoms with Crippen molar-refractivity contribution in [2.24, 2.45) is 16.0 Å². The van der Waals surface area contributed by atoms with Crippen molar-refractivity contribution in [2.45, 2.75) is 42.4 Å². The van der Waals surface area contributed by atoms with Gasteiger partial charge in [0, 0.05) is 30.6 Å². The van der Waals surface area contributed by atoms with Crippen LogP contribution in [-0.4, -0.2) is 60.6 Å². The maximum atomic E-state index is 14.9. The van der Waals surface area contributed by atoms with E-state index in [9.17, 15) is 18.7 Å². The number of amidine groups is 1. The molecule has 1 heterocycles. The smallest absolute Gasteiger partial charge is 0.415 e. The predicted octanol–water partition coefficient (Wildman–Crippen LogP) is 5.46. The Kier molecular flexibility index (Phi) is 7.79. The maximum absolute atomic E-state index is 14.9. The van der Waals surface area contributed by atoms with Crippen molar-refractivity contribution >= 4 is 47.0 Å². The number of fused-ring (bicyclic) bond motifs is 1. The van der Waals surface area contributed by atoms with E-state index in [1.165, 1.54) is 18.2 Å². The molecule has 3 atom stereocenters. The van der Waals surface area contributed by atoms with Crippen LogP contribution in [0, 0.1) is 17.3 Å². The molecule has 0 bridgehead atoms. The van der Waals surface area contributed by atoms with Gasteiger partial charge in [-0.15, -0.1) is 0 Å². The van der Waals surface area contributed by atoms with Crippen molar-refractivity contribution in [3.8, 4) is 0 Å². The Balaban J connectivity index is 2.01. The van der Waals surface area contributed by atoms with Crippen LogP contribution in [0.15, 0.2) is 32.8 Å². The van der Waals surface area contributed by atoms with Crippen molar-refractivity contribution in [3.63, 3.8) is 0 Å². The monoisotopic (exact) mass is 562 g/mol. The lowest BCUT2D eigenvalue weighted by Crippen LogP contribution is -2.46. The number of halogens is 3. The minimum Gasteiger partial charge on any atom is -0.465 e. The number of nitrogens with one attached hydrogen (secondary N) is 1. The van der Waals surface area contributed by atoms with E-state index in [2.05, 4.69) is 50.6 Å². The highest BCUT2D eigenvalue weighted by Crippen LogP contribution is 2.67. The van der Waals surface area contributed by atoms with Gasteiger partial charge in [-0.05, 0) is 30.7 Å². The average Bonchev–Trinajstić information content (AvgIpc) is 3.47. The van der Waals surface area contributed by atoms with Crippen LogP contribution < -0.4 is 4.91 Å². The number of benzene rings is 1. The summed E-state index contributed by atoms with van der Waals surface area (Å²) < 4.78 is 35.2. The Labute approximate surface area is 204 Å². The summed E-state index contributed by atoms with van der Waals surface area (Å²) in [6.45, 7) is 5.75. The van der Waals surface area contributed by atoms with Gasteiger partial charge in [0.2, 0.25) is 4.91 Å². The molecule has 2 N–H and O–H groups in total. The quantitative estimate of drug-likeness (QED) is 0.137. The number of amides is 1. The number of hydrogen-bond donors (Lipinski definition) is 2. The Bertz CT molecular complexity index is 1010. The average molecular weight is 564 g/mol. The van der Waals surface area contributed by atoms with E-state index >= 15 is 0 Å². The fourth-order valence-corrected chi connectivity index (χ4v) is 6.57. The molecule has 1 aromatic carbocycles. The zero-order chi connectivity index (χ0) is 24.4. The summed E-state index contributed by atoms with van der Waals surface area (Å²) in [4.78, 5) is 20.6. The second kappa shape index (κ2) is 9.91. The Morgan fingerprint density at radius 1 is 1.52 bits per heavy atom. The van der Waals surface area contributed by atoms with Gasteiger partial charge >= 0.3 is 6.09 Å². The summed E-state index contributed by atoms with van der Waals surface area (Å²) in [6.07, 6.45) is -0.864. The zero-order valence-electron chi connectivity index (χ0n) is 18.6. The highest BCUT2D eigenvalue weighted by atomic mass is 79.9. The molecule has 0 unspecified atom stereocenters. The van der Waals surface area contributed by atoms with Gasteiger partial charge in [0.25, 0.3) is 0 Å². The van der Waals surface area contributed by atoms with Crippen LogP contribution in [0.1, 0.15) is 12.0 Å². The Morgan fingerprint density at radius 2 is 2.24 bits per heavy atom. The number of nitrogens with zero attached hydrogens (tertiary/aromatic N) is 4. The van der Waals surface area contributed by atoms with Gasteiger partial charge in [-0.25, -0.2) is 23.5 Å². The molecule has 1 aliphatic carbocycles. The normalized spacial score (nSPS) is 26.1. The van der Waals surface area contributed by atoms with Crippen molar-refractivity contribution in [2.75, 3.05) is 26.6 Å². The minimum atomic E-state index is -1.61. The predicted molar refractivity (Wildman–Crippen MR) is 129 cm³/mol. The molecule has 8 nitrogen and oxygen atoms in total. The molecule has 1 fully saturated rings. The molecule has 0 aromatic heterocycles. The molecule has 0 saturated heterocycles. The molecule has 33 heavy (non-hydrogen) atoms. The van der Waals surface area contributed by atoms with Gasteiger partial charge in [0.15, 0.2) is 5.17 Å². The number of carboxylic acid groups (broad SMARTS) is 1. The van der Waals surface area contributed by atoms with Crippen LogP contribution in [0.2, 0.25) is 25.7 Å². The molecular formula is C20H27BrF2N5O3SSi+. The van der Waals surface area contributed by atoms with Crippen molar-refractivity contribution < 1.29 is 23.4 Å². The number of rotatable bonds is 9. The van der Waals surface area contributed by atoms with Gasteiger partial charge in [0.1, 0.15) is 42.0 Å². The van der Waals surface area contributed by atoms with Crippen molar-refractivity contribution in [1.29, 1.82) is 5.53 Å². The lowest BCUT2D eigenvalue weighted by atomic mass is 9.85. The van der Waals surface area contributed by atoms with Gasteiger partial charge in [-0.2, -0.15) is 0 Å². The van der Waals surface area contributed by atoms with Crippen LogP contribution in [0.5, 0.6) is 0 Å². The number of hydrogen-bond acceptors (Lipinski definition) is 6. The first-order valence-electron chi connectivity index (χ1n) is 10.4. The van der Waals surface area contributed by atoms with Crippen LogP contribution >= 0.6 is 27.7 Å². The van der Waals surface area contributed by atoms with Gasteiger partial charge in [-0.1, -0.05) is 47.3 Å². The molecule has 13 heteroatoms. The third-order valence-corrected chi connectivity index (χ3v) is 9.56. The van der Waals surface area contributed by atoms with E-state index in [0.29, 0.717) is 17.5 Å². The highest BCUT2D eigenvalue weighted by Gasteiger charge is 2.70. The minimum absolute atomic E-state index is 0.0291. The molecular weight excluding hydrogens is 536 g/mol. The zero-order valence-corrected chi connectivity index (χ0v) is 22.0. The lowest BCUT2D eigenvalue weighted by Gasteiger charge is -2.37. The molecule has 3 rings (SSSR count). The molecule has 2 aliphatic rings. The maximum Gasteiger partial charge on any atom is 0.415 e. The second-order valence-electron chi connectivity index (χ2n) is 9.46. The number of carbonyl (C=O) groups is 1. The summed E-state index contributed by atoms with van der Waals surface area (Å²) in [5.74, 6) is -1.05. The van der Waals surface area contributed by atoms with E-state index in [0.717, 1.165) is 22.7 Å². The first-order chi connectivity index (χ1) is 15.5. The summed E-state index contributed by atoms with van der Waals surface area (Å²) in [6, 6.07) is 5.08. The number of thioether (sulfide) groups is 1. The van der Waals surface area contributed by atoms with Gasteiger partial charge in [-0.3, -0.25) is 0 Å². The third kappa shape index (κ3) is 5.54. The number of ether oxygens (including phenoxy) is 1. The van der Waals surface area contributed by atoms with Gasteiger partial charge < -0.3 is 9.84 Å². The Morgan fingerprint density at radius 3 is 2.85 bits per heavy atom. The largest absolute Gasteiger partial charge is 0.465 e. The molecule has 1 amide bonds. The van der Waals surface area contributed by atoms with E-state index in [1.54, 1.807) is 0 Å². The molecule has 0 radical (unpaired) electrons. The van der Waals surface area contributed by atoms with E-state index in [4.69, 9.17) is 10.3 Å². The molecule has 1 saturated carbocycles. The van der Waals surface area contributed by atoms with Crippen molar-refractivity contribution in [3.05, 3.63) is 34.1 Å². The van der Waals surface area contributed by atoms with E-state index in [1.807, 2.05) is 0 Å². The van der Waals surface area contributed by atoms with Crippen LogP contribution in [-0.2, 0) is 10.3 Å². The molecule has 1 aromatic rings. The summed E-state index contributed by atoms with van der Waals surface area (Å²) >= 11 is 4.46.